The Kier molecular flexibility index (Phi) is 4.66. The highest BCUT2D eigenvalue weighted by molar-refractivity contribution is 14.1. The van der Waals surface area contributed by atoms with E-state index < -0.39 is 5.97 Å². The summed E-state index contributed by atoms with van der Waals surface area (Å²) in [5.41, 5.74) is 7.29. The molecule has 0 atom stereocenters. The average Bonchev–Trinajstić information content (AvgIpc) is 2.40. The van der Waals surface area contributed by atoms with Gasteiger partial charge in [0.2, 0.25) is 0 Å². The molecule has 2 N–H and O–H groups in total. The maximum atomic E-state index is 11.9. The van der Waals surface area contributed by atoms with Crippen molar-refractivity contribution in [2.75, 3.05) is 5.73 Å². The quantitative estimate of drug-likeness (QED) is 0.494. The lowest BCUT2D eigenvalue weighted by Gasteiger charge is -2.07. The first kappa shape index (κ1) is 14.1. The molecule has 98 valence electrons. The topological polar surface area (TPSA) is 52.3 Å². The Labute approximate surface area is 129 Å². The predicted octanol–water partition coefficient (Wildman–Crippen LogP) is 3.88. The van der Waals surface area contributed by atoms with Crippen LogP contribution in [0.4, 0.5) is 5.69 Å². The van der Waals surface area contributed by atoms with Gasteiger partial charge < -0.3 is 10.5 Å². The maximum absolute atomic E-state index is 11.9. The monoisotopic (exact) mass is 387 g/mol. The van der Waals surface area contributed by atoms with Gasteiger partial charge in [0.1, 0.15) is 6.61 Å². The van der Waals surface area contributed by atoms with Crippen LogP contribution in [0.2, 0.25) is 5.02 Å². The Bertz CT molecular complexity index is 599. The van der Waals surface area contributed by atoms with Crippen molar-refractivity contribution in [3.8, 4) is 0 Å². The van der Waals surface area contributed by atoms with Crippen LogP contribution >= 0.6 is 34.2 Å². The highest BCUT2D eigenvalue weighted by atomic mass is 127. The Morgan fingerprint density at radius 3 is 2.58 bits per heavy atom. The highest BCUT2D eigenvalue weighted by Crippen LogP contribution is 2.19. The van der Waals surface area contributed by atoms with E-state index in [0.717, 1.165) is 9.13 Å². The number of hydrogen-bond donors (Lipinski definition) is 1. The number of nitrogens with two attached hydrogens (primary N) is 1. The first-order valence-corrected chi connectivity index (χ1v) is 6.98. The molecule has 0 aromatic heterocycles. The van der Waals surface area contributed by atoms with E-state index in [2.05, 4.69) is 22.6 Å². The lowest BCUT2D eigenvalue weighted by molar-refractivity contribution is 0.0474. The molecular weight excluding hydrogens is 377 g/mol. The molecule has 0 amide bonds. The molecule has 0 aliphatic rings. The number of hydrogen-bond acceptors (Lipinski definition) is 3. The Morgan fingerprint density at radius 1 is 1.21 bits per heavy atom. The van der Waals surface area contributed by atoms with Crippen molar-refractivity contribution in [1.82, 2.24) is 0 Å². The van der Waals surface area contributed by atoms with Gasteiger partial charge in [0.25, 0.3) is 0 Å². The Hall–Kier alpha value is -1.27. The zero-order valence-electron chi connectivity index (χ0n) is 9.90. The molecule has 19 heavy (non-hydrogen) atoms. The highest BCUT2D eigenvalue weighted by Gasteiger charge is 2.11. The van der Waals surface area contributed by atoms with Gasteiger partial charge >= 0.3 is 5.97 Å². The van der Waals surface area contributed by atoms with Crippen molar-refractivity contribution in [3.63, 3.8) is 0 Å². The molecule has 0 radical (unpaired) electrons. The molecule has 2 aromatic rings. The second-order valence-electron chi connectivity index (χ2n) is 3.93. The standard InChI is InChI=1S/C14H11ClINO2/c15-10-3-6-13(17)12(7-10)14(18)19-8-9-1-4-11(16)5-2-9/h1-7H,8,17H2. The third-order valence-corrected chi connectivity index (χ3v) is 3.47. The molecule has 0 bridgehead atoms. The fourth-order valence-corrected chi connectivity index (χ4v) is 2.04. The minimum atomic E-state index is -0.474. The van der Waals surface area contributed by atoms with E-state index in [4.69, 9.17) is 22.1 Å². The third-order valence-electron chi connectivity index (χ3n) is 2.52. The number of halogens is 2. The minimum absolute atomic E-state index is 0.210. The van der Waals surface area contributed by atoms with Gasteiger partial charge in [0.05, 0.1) is 5.56 Å². The van der Waals surface area contributed by atoms with Crippen LogP contribution in [-0.4, -0.2) is 5.97 Å². The number of benzene rings is 2. The summed E-state index contributed by atoms with van der Waals surface area (Å²) in [6.45, 7) is 0.210. The van der Waals surface area contributed by atoms with Crippen LogP contribution in [-0.2, 0) is 11.3 Å². The van der Waals surface area contributed by atoms with Crippen molar-refractivity contribution in [2.24, 2.45) is 0 Å². The summed E-state index contributed by atoms with van der Waals surface area (Å²) in [5, 5.41) is 0.454. The first-order valence-electron chi connectivity index (χ1n) is 5.53. The lowest BCUT2D eigenvalue weighted by Crippen LogP contribution is -2.08. The molecule has 2 rings (SSSR count). The molecule has 0 spiro atoms. The molecule has 0 saturated heterocycles. The predicted molar refractivity (Wildman–Crippen MR) is 84.1 cm³/mol. The number of carbonyl (C=O) groups is 1. The van der Waals surface area contributed by atoms with Gasteiger partial charge in [-0.15, -0.1) is 0 Å². The number of ether oxygens (including phenoxy) is 1. The maximum Gasteiger partial charge on any atom is 0.340 e. The number of anilines is 1. The molecule has 0 aliphatic heterocycles. The van der Waals surface area contributed by atoms with Crippen LogP contribution in [0.3, 0.4) is 0 Å². The van der Waals surface area contributed by atoms with E-state index in [-0.39, 0.29) is 12.2 Å². The summed E-state index contributed by atoms with van der Waals surface area (Å²) >= 11 is 8.05. The number of esters is 1. The zero-order valence-corrected chi connectivity index (χ0v) is 12.8. The van der Waals surface area contributed by atoms with Crippen molar-refractivity contribution in [1.29, 1.82) is 0 Å². The largest absolute Gasteiger partial charge is 0.457 e. The summed E-state index contributed by atoms with van der Waals surface area (Å²) in [6, 6.07) is 12.5. The number of nitrogen functional groups attached to an aromatic ring is 1. The van der Waals surface area contributed by atoms with Gasteiger partial charge in [-0.05, 0) is 58.5 Å². The summed E-state index contributed by atoms with van der Waals surface area (Å²) in [7, 11) is 0. The second kappa shape index (κ2) is 6.25. The van der Waals surface area contributed by atoms with E-state index in [0.29, 0.717) is 10.7 Å². The van der Waals surface area contributed by atoms with Crippen LogP contribution < -0.4 is 5.73 Å². The fourth-order valence-electron chi connectivity index (χ4n) is 1.51. The van der Waals surface area contributed by atoms with Crippen LogP contribution in [0.25, 0.3) is 0 Å². The van der Waals surface area contributed by atoms with Crippen molar-refractivity contribution in [2.45, 2.75) is 6.61 Å². The van der Waals surface area contributed by atoms with Gasteiger partial charge in [0.15, 0.2) is 0 Å². The van der Waals surface area contributed by atoms with Crippen LogP contribution in [0.5, 0.6) is 0 Å². The summed E-state index contributed by atoms with van der Waals surface area (Å²) < 4.78 is 6.34. The van der Waals surface area contributed by atoms with Gasteiger partial charge in [-0.25, -0.2) is 4.79 Å². The molecular formula is C14H11ClINO2. The van der Waals surface area contributed by atoms with E-state index in [1.165, 1.54) is 6.07 Å². The van der Waals surface area contributed by atoms with Gasteiger partial charge in [0, 0.05) is 14.3 Å². The minimum Gasteiger partial charge on any atom is -0.457 e. The second-order valence-corrected chi connectivity index (χ2v) is 5.62. The lowest BCUT2D eigenvalue weighted by atomic mass is 10.2. The molecule has 5 heteroatoms. The molecule has 2 aromatic carbocycles. The SMILES string of the molecule is Nc1ccc(Cl)cc1C(=O)OCc1ccc(I)cc1. The smallest absolute Gasteiger partial charge is 0.340 e. The van der Waals surface area contributed by atoms with E-state index in [9.17, 15) is 4.79 Å². The molecule has 0 heterocycles. The first-order chi connectivity index (χ1) is 9.06. The van der Waals surface area contributed by atoms with Crippen molar-refractivity contribution in [3.05, 3.63) is 62.2 Å². The Morgan fingerprint density at radius 2 is 1.89 bits per heavy atom. The average molecular weight is 388 g/mol. The third kappa shape index (κ3) is 3.84. The van der Waals surface area contributed by atoms with Crippen molar-refractivity contribution < 1.29 is 9.53 Å². The Balaban J connectivity index is 2.05. The van der Waals surface area contributed by atoms with Gasteiger partial charge in [-0.3, -0.25) is 0 Å². The molecule has 0 unspecified atom stereocenters. The van der Waals surface area contributed by atoms with E-state index in [1.807, 2.05) is 24.3 Å². The normalized spacial score (nSPS) is 10.2. The summed E-state index contributed by atoms with van der Waals surface area (Å²) in [4.78, 5) is 11.9. The number of rotatable bonds is 3. The molecule has 0 fully saturated rings. The zero-order chi connectivity index (χ0) is 13.8. The van der Waals surface area contributed by atoms with E-state index in [1.54, 1.807) is 12.1 Å². The number of carbonyl (C=O) groups excluding carboxylic acids is 1. The van der Waals surface area contributed by atoms with Crippen molar-refractivity contribution >= 4 is 45.8 Å². The van der Waals surface area contributed by atoms with Gasteiger partial charge in [-0.1, -0.05) is 23.7 Å². The molecule has 0 saturated carbocycles. The van der Waals surface area contributed by atoms with E-state index >= 15 is 0 Å². The van der Waals surface area contributed by atoms with Gasteiger partial charge in [-0.2, -0.15) is 0 Å². The van der Waals surface area contributed by atoms with Crippen LogP contribution in [0.1, 0.15) is 15.9 Å². The molecule has 3 nitrogen and oxygen atoms in total. The van der Waals surface area contributed by atoms with Crippen LogP contribution in [0.15, 0.2) is 42.5 Å². The fraction of sp³-hybridized carbons (Fsp3) is 0.0714. The summed E-state index contributed by atoms with van der Waals surface area (Å²) in [6.07, 6.45) is 0. The summed E-state index contributed by atoms with van der Waals surface area (Å²) in [5.74, 6) is -0.474. The molecule has 0 aliphatic carbocycles. The van der Waals surface area contributed by atoms with Crippen LogP contribution in [0, 0.1) is 3.57 Å².